The van der Waals surface area contributed by atoms with Crippen LogP contribution in [0.1, 0.15) is 22.7 Å². The lowest BCUT2D eigenvalue weighted by molar-refractivity contribution is 0.262. The minimum atomic E-state index is -0.427. The van der Waals surface area contributed by atoms with Gasteiger partial charge in [0.2, 0.25) is 5.88 Å². The van der Waals surface area contributed by atoms with Gasteiger partial charge in [-0.2, -0.15) is 0 Å². The fourth-order valence-electron chi connectivity index (χ4n) is 5.02. The molecular weight excluding hydrogens is 556 g/mol. The molecule has 0 saturated carbocycles. The molecule has 3 aromatic heterocycles. The van der Waals surface area contributed by atoms with Crippen LogP contribution in [0.5, 0.6) is 11.6 Å². The molecule has 0 bridgehead atoms. The molecule has 11 heteroatoms. The number of nitrogens with one attached hydrogen (secondary N) is 2. The lowest BCUT2D eigenvalue weighted by atomic mass is 10.1. The van der Waals surface area contributed by atoms with Crippen molar-refractivity contribution >= 4 is 23.2 Å². The average Bonchev–Trinajstić information content (AvgIpc) is 3.43. The summed E-state index contributed by atoms with van der Waals surface area (Å²) in [6.07, 6.45) is 4.07. The molecule has 44 heavy (non-hydrogen) atoms. The van der Waals surface area contributed by atoms with Gasteiger partial charge in [0.25, 0.3) is 0 Å². The van der Waals surface area contributed by atoms with Gasteiger partial charge < -0.3 is 24.4 Å². The average molecular weight is 591 g/mol. The third-order valence-electron chi connectivity index (χ3n) is 7.43. The van der Waals surface area contributed by atoms with Crippen molar-refractivity contribution in [2.24, 2.45) is 0 Å². The molecule has 0 aliphatic carbocycles. The lowest BCUT2D eigenvalue weighted by Crippen LogP contribution is -2.44. The Hall–Kier alpha value is -5.29. The molecule has 0 atom stereocenters. The Balaban J connectivity index is 1.13. The van der Waals surface area contributed by atoms with Gasteiger partial charge in [-0.1, -0.05) is 17.3 Å². The summed E-state index contributed by atoms with van der Waals surface area (Å²) >= 11 is 0. The Kier molecular flexibility index (Phi) is 8.46. The number of anilines is 3. The van der Waals surface area contributed by atoms with E-state index < -0.39 is 6.03 Å². The minimum Gasteiger partial charge on any atom is -0.438 e. The highest BCUT2D eigenvalue weighted by molar-refractivity contribution is 5.99. The van der Waals surface area contributed by atoms with Crippen molar-refractivity contribution in [3.63, 3.8) is 0 Å². The van der Waals surface area contributed by atoms with E-state index in [1.807, 2.05) is 31.2 Å². The zero-order chi connectivity index (χ0) is 30.5. The molecule has 1 aliphatic rings. The third kappa shape index (κ3) is 7.01. The van der Waals surface area contributed by atoms with Crippen molar-refractivity contribution < 1.29 is 14.1 Å². The zero-order valence-electron chi connectivity index (χ0n) is 24.9. The third-order valence-corrected chi connectivity index (χ3v) is 7.43. The summed E-state index contributed by atoms with van der Waals surface area (Å²) in [6.45, 7) is 7.89. The number of hydrogen-bond donors (Lipinski definition) is 2. The molecule has 1 saturated heterocycles. The molecule has 0 radical (unpaired) electrons. The smallest absolute Gasteiger partial charge is 0.324 e. The standard InChI is InChI=1S/C33H34N8O3/c1-22-19-25(36-33(42)38-31-20-23(2)44-39-31)8-11-29(22)43-32-27(5-4-13-35-32)28-12-14-34-30(37-28)21-24-6-9-26(10-7-24)41-17-15-40(3)16-18-41/h4-14,19-20H,15-18,21H2,1-3H3,(H2,36,38,39,42). The van der Waals surface area contributed by atoms with Gasteiger partial charge in [-0.05, 0) is 80.6 Å². The number of ether oxygens (including phenoxy) is 1. The molecular formula is C33H34N8O3. The van der Waals surface area contributed by atoms with Gasteiger partial charge in [-0.3, -0.25) is 5.32 Å². The maximum Gasteiger partial charge on any atom is 0.324 e. The van der Waals surface area contributed by atoms with Crippen LogP contribution in [0.15, 0.2) is 83.6 Å². The van der Waals surface area contributed by atoms with E-state index in [4.69, 9.17) is 14.2 Å². The predicted molar refractivity (Wildman–Crippen MR) is 169 cm³/mol. The van der Waals surface area contributed by atoms with Crippen LogP contribution in [0.25, 0.3) is 11.3 Å². The maximum absolute atomic E-state index is 12.4. The van der Waals surface area contributed by atoms with E-state index in [2.05, 4.69) is 66.9 Å². The predicted octanol–water partition coefficient (Wildman–Crippen LogP) is 5.92. The lowest BCUT2D eigenvalue weighted by Gasteiger charge is -2.34. The molecule has 2 N–H and O–H groups in total. The summed E-state index contributed by atoms with van der Waals surface area (Å²) in [5.41, 5.74) is 5.30. The summed E-state index contributed by atoms with van der Waals surface area (Å²) in [5.74, 6) is 2.70. The quantitative estimate of drug-likeness (QED) is 0.227. The largest absolute Gasteiger partial charge is 0.438 e. The number of benzene rings is 2. The van der Waals surface area contributed by atoms with Crippen LogP contribution in [0, 0.1) is 13.8 Å². The van der Waals surface area contributed by atoms with Crippen LogP contribution >= 0.6 is 0 Å². The Morgan fingerprint density at radius 3 is 2.50 bits per heavy atom. The van der Waals surface area contributed by atoms with Crippen molar-refractivity contribution in [3.8, 4) is 22.9 Å². The van der Waals surface area contributed by atoms with Gasteiger partial charge in [0.15, 0.2) is 5.82 Å². The second-order valence-corrected chi connectivity index (χ2v) is 10.8. The van der Waals surface area contributed by atoms with Crippen LogP contribution in [-0.2, 0) is 6.42 Å². The number of likely N-dealkylation sites (N-methyl/N-ethyl adjacent to an activating group) is 1. The van der Waals surface area contributed by atoms with E-state index in [1.54, 1.807) is 37.5 Å². The fourth-order valence-corrected chi connectivity index (χ4v) is 5.02. The zero-order valence-corrected chi connectivity index (χ0v) is 24.9. The van der Waals surface area contributed by atoms with Gasteiger partial charge in [0, 0.05) is 62.4 Å². The summed E-state index contributed by atoms with van der Waals surface area (Å²) < 4.78 is 11.2. The number of pyridine rings is 1. The monoisotopic (exact) mass is 590 g/mol. The first-order chi connectivity index (χ1) is 21.4. The van der Waals surface area contributed by atoms with Crippen molar-refractivity contribution in [3.05, 3.63) is 102 Å². The van der Waals surface area contributed by atoms with Crippen molar-refractivity contribution in [1.29, 1.82) is 0 Å². The summed E-state index contributed by atoms with van der Waals surface area (Å²) in [7, 11) is 2.17. The molecule has 1 aliphatic heterocycles. The highest BCUT2D eigenvalue weighted by Crippen LogP contribution is 2.33. The van der Waals surface area contributed by atoms with E-state index in [9.17, 15) is 4.79 Å². The molecule has 4 heterocycles. The van der Waals surface area contributed by atoms with E-state index in [-0.39, 0.29) is 0 Å². The van der Waals surface area contributed by atoms with E-state index >= 15 is 0 Å². The molecule has 2 aromatic carbocycles. The Labute approximate surface area is 255 Å². The topological polar surface area (TPSA) is 122 Å². The first kappa shape index (κ1) is 28.8. The Bertz CT molecular complexity index is 1750. The van der Waals surface area contributed by atoms with Crippen LogP contribution in [0.2, 0.25) is 0 Å². The van der Waals surface area contributed by atoms with Gasteiger partial charge in [0.05, 0.1) is 11.3 Å². The Morgan fingerprint density at radius 2 is 1.75 bits per heavy atom. The van der Waals surface area contributed by atoms with Crippen LogP contribution in [0.4, 0.5) is 22.0 Å². The van der Waals surface area contributed by atoms with Crippen LogP contribution < -0.4 is 20.3 Å². The molecule has 6 rings (SSSR count). The second kappa shape index (κ2) is 12.9. The van der Waals surface area contributed by atoms with Crippen molar-refractivity contribution in [2.45, 2.75) is 20.3 Å². The highest BCUT2D eigenvalue weighted by atomic mass is 16.5. The number of nitrogens with zero attached hydrogens (tertiary/aromatic N) is 6. The number of urea groups is 1. The first-order valence-electron chi connectivity index (χ1n) is 14.5. The number of carbonyl (C=O) groups excluding carboxylic acids is 1. The number of piperazine rings is 1. The number of hydrogen-bond acceptors (Lipinski definition) is 9. The molecule has 0 unspecified atom stereocenters. The highest BCUT2D eigenvalue weighted by Gasteiger charge is 2.16. The summed E-state index contributed by atoms with van der Waals surface area (Å²) in [4.78, 5) is 31.0. The summed E-state index contributed by atoms with van der Waals surface area (Å²) in [5, 5.41) is 9.20. The minimum absolute atomic E-state index is 0.339. The molecule has 1 fully saturated rings. The number of aromatic nitrogens is 4. The van der Waals surface area contributed by atoms with Crippen molar-refractivity contribution in [1.82, 2.24) is 25.0 Å². The Morgan fingerprint density at radius 1 is 0.932 bits per heavy atom. The van der Waals surface area contributed by atoms with Crippen molar-refractivity contribution in [2.75, 3.05) is 48.8 Å². The molecule has 2 amide bonds. The van der Waals surface area contributed by atoms with Gasteiger partial charge in [-0.15, -0.1) is 0 Å². The van der Waals surface area contributed by atoms with E-state index in [1.165, 1.54) is 5.69 Å². The van der Waals surface area contributed by atoms with Crippen LogP contribution in [-0.4, -0.2) is 64.3 Å². The molecule has 224 valence electrons. The van der Waals surface area contributed by atoms with Gasteiger partial charge >= 0.3 is 6.03 Å². The number of aryl methyl sites for hydroxylation is 2. The van der Waals surface area contributed by atoms with Gasteiger partial charge in [0.1, 0.15) is 17.3 Å². The first-order valence-corrected chi connectivity index (χ1v) is 14.5. The number of carbonyl (C=O) groups is 1. The number of rotatable bonds is 8. The van der Waals surface area contributed by atoms with E-state index in [0.29, 0.717) is 35.3 Å². The second-order valence-electron chi connectivity index (χ2n) is 10.8. The normalized spacial score (nSPS) is 13.5. The SMILES string of the molecule is Cc1cc(NC(=O)Nc2ccc(Oc3ncccc3-c3ccnc(Cc4ccc(N5CCN(C)CC5)cc4)n3)c(C)c2)no1. The summed E-state index contributed by atoms with van der Waals surface area (Å²) in [6, 6.07) is 20.9. The fraction of sp³-hybridized carbons (Fsp3) is 0.242. The maximum atomic E-state index is 12.4. The van der Waals surface area contributed by atoms with Gasteiger partial charge in [-0.25, -0.2) is 19.7 Å². The number of amides is 2. The van der Waals surface area contributed by atoms with Crippen LogP contribution in [0.3, 0.4) is 0 Å². The molecule has 5 aromatic rings. The molecule has 11 nitrogen and oxygen atoms in total. The molecule has 0 spiro atoms. The van der Waals surface area contributed by atoms with E-state index in [0.717, 1.165) is 54.4 Å².